The Bertz CT molecular complexity index is 230. The van der Waals surface area contributed by atoms with Crippen LogP contribution >= 0.6 is 0 Å². The predicted molar refractivity (Wildman–Crippen MR) is 70.1 cm³/mol. The minimum absolute atomic E-state index is 0.656. The third kappa shape index (κ3) is 3.98. The van der Waals surface area contributed by atoms with Crippen molar-refractivity contribution in [3.63, 3.8) is 0 Å². The van der Waals surface area contributed by atoms with E-state index >= 15 is 0 Å². The summed E-state index contributed by atoms with van der Waals surface area (Å²) in [5.41, 5.74) is -0.700. The third-order valence-electron chi connectivity index (χ3n) is 4.36. The maximum absolute atomic E-state index is 11.3. The molecule has 0 saturated heterocycles. The Morgan fingerprint density at radius 3 is 2.29 bits per heavy atom. The number of nitrogens with one attached hydrogen (secondary N) is 1. The van der Waals surface area contributed by atoms with Crippen LogP contribution in [0.4, 0.5) is 0 Å². The second-order valence-corrected chi connectivity index (χ2v) is 5.31. The molecule has 0 bridgehead atoms. The molecule has 1 aliphatic carbocycles. The Hall–Kier alpha value is -0.570. The Morgan fingerprint density at radius 1 is 1.24 bits per heavy atom. The minimum Gasteiger partial charge on any atom is -0.480 e. The first-order valence-electron chi connectivity index (χ1n) is 7.13. The van der Waals surface area contributed by atoms with Crippen molar-refractivity contribution in [3.8, 4) is 0 Å². The number of carbonyl (C=O) groups is 1. The van der Waals surface area contributed by atoms with Gasteiger partial charge in [0, 0.05) is 0 Å². The molecule has 0 aromatic carbocycles. The summed E-state index contributed by atoms with van der Waals surface area (Å²) in [5, 5.41) is 12.6. The van der Waals surface area contributed by atoms with Crippen LogP contribution in [-0.4, -0.2) is 23.2 Å². The SMILES string of the molecule is CCC(CC)(NCCC1CCCCC1)C(=O)O. The summed E-state index contributed by atoms with van der Waals surface area (Å²) in [6, 6.07) is 0. The van der Waals surface area contributed by atoms with Gasteiger partial charge in [0.15, 0.2) is 0 Å². The van der Waals surface area contributed by atoms with Crippen molar-refractivity contribution in [1.82, 2.24) is 5.32 Å². The second kappa shape index (κ2) is 7.00. The van der Waals surface area contributed by atoms with Gasteiger partial charge < -0.3 is 10.4 Å². The van der Waals surface area contributed by atoms with E-state index in [1.807, 2.05) is 13.8 Å². The molecule has 1 rings (SSSR count). The molecule has 1 aliphatic rings. The summed E-state index contributed by atoms with van der Waals surface area (Å²) in [4.78, 5) is 11.3. The van der Waals surface area contributed by atoms with Gasteiger partial charge in [-0.2, -0.15) is 0 Å². The quantitative estimate of drug-likeness (QED) is 0.719. The molecule has 17 heavy (non-hydrogen) atoms. The average Bonchev–Trinajstić information content (AvgIpc) is 2.36. The summed E-state index contributed by atoms with van der Waals surface area (Å²) in [6.45, 7) is 4.75. The van der Waals surface area contributed by atoms with Crippen LogP contribution in [0.2, 0.25) is 0 Å². The molecule has 1 fully saturated rings. The number of hydrogen-bond acceptors (Lipinski definition) is 2. The Balaban J connectivity index is 2.33. The highest BCUT2D eigenvalue weighted by atomic mass is 16.4. The van der Waals surface area contributed by atoms with E-state index in [1.54, 1.807) is 0 Å². The van der Waals surface area contributed by atoms with Crippen LogP contribution < -0.4 is 5.32 Å². The molecular formula is C14H27NO2. The summed E-state index contributed by atoms with van der Waals surface area (Å²) >= 11 is 0. The zero-order valence-electron chi connectivity index (χ0n) is 11.3. The third-order valence-corrected chi connectivity index (χ3v) is 4.36. The fraction of sp³-hybridized carbons (Fsp3) is 0.929. The molecule has 0 radical (unpaired) electrons. The first kappa shape index (κ1) is 14.5. The van der Waals surface area contributed by atoms with Crippen LogP contribution in [0.5, 0.6) is 0 Å². The van der Waals surface area contributed by atoms with Gasteiger partial charge in [0.1, 0.15) is 5.54 Å². The van der Waals surface area contributed by atoms with E-state index in [0.717, 1.165) is 18.9 Å². The normalized spacial score (nSPS) is 18.2. The van der Waals surface area contributed by atoms with Gasteiger partial charge >= 0.3 is 5.97 Å². The zero-order valence-corrected chi connectivity index (χ0v) is 11.3. The molecule has 0 amide bonds. The van der Waals surface area contributed by atoms with Crippen LogP contribution in [0, 0.1) is 5.92 Å². The van der Waals surface area contributed by atoms with Gasteiger partial charge in [0.05, 0.1) is 0 Å². The Kier molecular flexibility index (Phi) is 5.96. The van der Waals surface area contributed by atoms with Gasteiger partial charge in [-0.05, 0) is 31.7 Å². The maximum Gasteiger partial charge on any atom is 0.323 e. The van der Waals surface area contributed by atoms with Crippen molar-refractivity contribution in [3.05, 3.63) is 0 Å². The second-order valence-electron chi connectivity index (χ2n) is 5.31. The van der Waals surface area contributed by atoms with E-state index in [9.17, 15) is 9.90 Å². The van der Waals surface area contributed by atoms with E-state index in [-0.39, 0.29) is 0 Å². The molecule has 0 atom stereocenters. The van der Waals surface area contributed by atoms with Gasteiger partial charge in [-0.3, -0.25) is 4.79 Å². The molecule has 1 saturated carbocycles. The summed E-state index contributed by atoms with van der Waals surface area (Å²) < 4.78 is 0. The van der Waals surface area contributed by atoms with E-state index in [1.165, 1.54) is 32.1 Å². The molecule has 0 heterocycles. The van der Waals surface area contributed by atoms with Gasteiger partial charge in [-0.25, -0.2) is 0 Å². The standard InChI is InChI=1S/C14H27NO2/c1-3-14(4-2,13(16)17)15-11-10-12-8-6-5-7-9-12/h12,15H,3-11H2,1-2H3,(H,16,17). The number of hydrogen-bond donors (Lipinski definition) is 2. The lowest BCUT2D eigenvalue weighted by atomic mass is 9.86. The van der Waals surface area contributed by atoms with Crippen LogP contribution in [-0.2, 0) is 4.79 Å². The van der Waals surface area contributed by atoms with Crippen LogP contribution in [0.1, 0.15) is 65.2 Å². The first-order chi connectivity index (χ1) is 8.14. The minimum atomic E-state index is -0.703. The molecule has 3 heteroatoms. The topological polar surface area (TPSA) is 49.3 Å². The highest BCUT2D eigenvalue weighted by molar-refractivity contribution is 5.78. The lowest BCUT2D eigenvalue weighted by molar-refractivity contribution is -0.145. The predicted octanol–water partition coefficient (Wildman–Crippen LogP) is 3.19. The molecule has 2 N–H and O–H groups in total. The van der Waals surface area contributed by atoms with Crippen molar-refractivity contribution in [2.45, 2.75) is 70.8 Å². The Morgan fingerprint density at radius 2 is 1.82 bits per heavy atom. The largest absolute Gasteiger partial charge is 0.480 e. The lowest BCUT2D eigenvalue weighted by Crippen LogP contribution is -2.51. The molecule has 0 aromatic heterocycles. The summed E-state index contributed by atoms with van der Waals surface area (Å²) in [7, 11) is 0. The molecule has 0 spiro atoms. The molecule has 0 aliphatic heterocycles. The van der Waals surface area contributed by atoms with Gasteiger partial charge in [0.25, 0.3) is 0 Å². The van der Waals surface area contributed by atoms with Crippen molar-refractivity contribution >= 4 is 5.97 Å². The number of rotatable bonds is 7. The van der Waals surface area contributed by atoms with Crippen molar-refractivity contribution in [2.24, 2.45) is 5.92 Å². The monoisotopic (exact) mass is 241 g/mol. The fourth-order valence-electron chi connectivity index (χ4n) is 2.87. The smallest absolute Gasteiger partial charge is 0.323 e. The highest BCUT2D eigenvalue weighted by Crippen LogP contribution is 2.26. The van der Waals surface area contributed by atoms with Crippen molar-refractivity contribution in [1.29, 1.82) is 0 Å². The maximum atomic E-state index is 11.3. The van der Waals surface area contributed by atoms with Gasteiger partial charge in [0.2, 0.25) is 0 Å². The molecule has 0 aromatic rings. The molecule has 100 valence electrons. The zero-order chi connectivity index (χ0) is 12.7. The van der Waals surface area contributed by atoms with E-state index < -0.39 is 11.5 Å². The first-order valence-corrected chi connectivity index (χ1v) is 7.13. The number of aliphatic carboxylic acids is 1. The number of carboxylic acid groups (broad SMARTS) is 1. The molecular weight excluding hydrogens is 214 g/mol. The van der Waals surface area contributed by atoms with Crippen LogP contribution in [0.15, 0.2) is 0 Å². The van der Waals surface area contributed by atoms with Crippen molar-refractivity contribution < 1.29 is 9.90 Å². The average molecular weight is 241 g/mol. The van der Waals surface area contributed by atoms with E-state index in [2.05, 4.69) is 5.32 Å². The van der Waals surface area contributed by atoms with Crippen LogP contribution in [0.25, 0.3) is 0 Å². The lowest BCUT2D eigenvalue weighted by Gasteiger charge is -2.30. The van der Waals surface area contributed by atoms with Gasteiger partial charge in [-0.1, -0.05) is 46.0 Å². The van der Waals surface area contributed by atoms with Crippen LogP contribution in [0.3, 0.4) is 0 Å². The summed E-state index contributed by atoms with van der Waals surface area (Å²) in [5.74, 6) is 0.114. The Labute approximate surface area is 105 Å². The van der Waals surface area contributed by atoms with Crippen molar-refractivity contribution in [2.75, 3.05) is 6.54 Å². The van der Waals surface area contributed by atoms with E-state index in [0.29, 0.717) is 12.8 Å². The van der Waals surface area contributed by atoms with E-state index in [4.69, 9.17) is 0 Å². The molecule has 3 nitrogen and oxygen atoms in total. The summed E-state index contributed by atoms with van der Waals surface area (Å²) in [6.07, 6.45) is 9.21. The van der Waals surface area contributed by atoms with Gasteiger partial charge in [-0.15, -0.1) is 0 Å². The fourth-order valence-corrected chi connectivity index (χ4v) is 2.87. The molecule has 0 unspecified atom stereocenters. The highest BCUT2D eigenvalue weighted by Gasteiger charge is 2.33. The number of carboxylic acids is 1.